The van der Waals surface area contributed by atoms with Crippen molar-refractivity contribution in [1.82, 2.24) is 25.6 Å². The zero-order valence-corrected chi connectivity index (χ0v) is 15.8. The van der Waals surface area contributed by atoms with E-state index in [4.69, 9.17) is 0 Å². The van der Waals surface area contributed by atoms with Gasteiger partial charge in [-0.15, -0.1) is 0 Å². The van der Waals surface area contributed by atoms with E-state index >= 15 is 0 Å². The summed E-state index contributed by atoms with van der Waals surface area (Å²) in [4.78, 5) is 31.3. The Morgan fingerprint density at radius 2 is 2.00 bits per heavy atom. The van der Waals surface area contributed by atoms with Crippen molar-refractivity contribution >= 4 is 22.7 Å². The van der Waals surface area contributed by atoms with Gasteiger partial charge in [0.2, 0.25) is 5.91 Å². The molecule has 1 aromatic heterocycles. The molecule has 4 fully saturated rings. The summed E-state index contributed by atoms with van der Waals surface area (Å²) in [6.07, 6.45) is 4.08. The van der Waals surface area contributed by atoms with Crippen molar-refractivity contribution in [2.24, 2.45) is 5.92 Å². The molecule has 0 radical (unpaired) electrons. The Kier molecular flexibility index (Phi) is 3.44. The number of hydrogen-bond acceptors (Lipinski definition) is 4. The van der Waals surface area contributed by atoms with Crippen LogP contribution in [-0.2, 0) is 4.79 Å². The Morgan fingerprint density at radius 1 is 1.14 bits per heavy atom. The summed E-state index contributed by atoms with van der Waals surface area (Å²) in [5, 5.41) is 6.49. The highest BCUT2D eigenvalue weighted by molar-refractivity contribution is 5.98. The molecule has 3 saturated heterocycles. The third-order valence-corrected chi connectivity index (χ3v) is 7.12. The highest BCUT2D eigenvalue weighted by atomic mass is 16.2. The van der Waals surface area contributed by atoms with E-state index in [-0.39, 0.29) is 35.4 Å². The van der Waals surface area contributed by atoms with Crippen LogP contribution in [0.2, 0.25) is 0 Å². The average molecular weight is 379 g/mol. The summed E-state index contributed by atoms with van der Waals surface area (Å²) < 4.78 is 0. The number of benzene rings is 1. The first-order valence-corrected chi connectivity index (χ1v) is 10.3. The first-order chi connectivity index (χ1) is 13.6. The summed E-state index contributed by atoms with van der Waals surface area (Å²) in [5.74, 6) is 0.298. The maximum atomic E-state index is 13.1. The van der Waals surface area contributed by atoms with Crippen LogP contribution in [0.5, 0.6) is 0 Å². The molecule has 3 atom stereocenters. The summed E-state index contributed by atoms with van der Waals surface area (Å²) >= 11 is 0. The van der Waals surface area contributed by atoms with Crippen LogP contribution in [0.25, 0.3) is 10.9 Å². The SMILES string of the molecule is O=C1NC2(CCN3NC4CCN(C(=O)c5cc6ccccc6[nH]5)CC4C13)CC2. The topological polar surface area (TPSA) is 80.5 Å². The number of piperidine rings is 1. The third kappa shape index (κ3) is 2.49. The minimum Gasteiger partial charge on any atom is -0.351 e. The van der Waals surface area contributed by atoms with Gasteiger partial charge in [0.25, 0.3) is 5.91 Å². The van der Waals surface area contributed by atoms with E-state index in [2.05, 4.69) is 20.7 Å². The van der Waals surface area contributed by atoms with Crippen LogP contribution in [0.3, 0.4) is 0 Å². The number of hydrogen-bond donors (Lipinski definition) is 3. The zero-order valence-electron chi connectivity index (χ0n) is 15.8. The molecule has 146 valence electrons. The third-order valence-electron chi connectivity index (χ3n) is 7.12. The molecule has 3 unspecified atom stereocenters. The lowest BCUT2D eigenvalue weighted by Gasteiger charge is -2.35. The van der Waals surface area contributed by atoms with Gasteiger partial charge in [0.15, 0.2) is 0 Å². The van der Waals surface area contributed by atoms with E-state index in [0.717, 1.165) is 43.1 Å². The van der Waals surface area contributed by atoms with Gasteiger partial charge in [0, 0.05) is 48.0 Å². The number of nitrogens with zero attached hydrogens (tertiary/aromatic N) is 2. The number of para-hydroxylation sites is 1. The standard InChI is InChI=1S/C21H25N5O2/c27-19-18-14-12-25(20(28)17-11-13-3-1-2-4-15(13)22-17)9-5-16(14)24-26(18)10-8-21(23-19)6-7-21/h1-4,11,14,16,18,22,24H,5-10,12H2,(H,23,27). The van der Waals surface area contributed by atoms with Crippen molar-refractivity contribution in [3.05, 3.63) is 36.0 Å². The molecule has 3 aliphatic heterocycles. The second-order valence-electron chi connectivity index (χ2n) is 8.87. The number of aromatic nitrogens is 1. The van der Waals surface area contributed by atoms with Gasteiger partial charge in [-0.05, 0) is 37.8 Å². The minimum absolute atomic E-state index is 0.0285. The lowest BCUT2D eigenvalue weighted by Crippen LogP contribution is -2.52. The Balaban J connectivity index is 1.24. The highest BCUT2D eigenvalue weighted by Crippen LogP contribution is 2.42. The van der Waals surface area contributed by atoms with E-state index < -0.39 is 0 Å². The minimum atomic E-state index is -0.178. The normalized spacial score (nSPS) is 31.4. The molecule has 0 bridgehead atoms. The number of rotatable bonds is 1. The molecule has 3 N–H and O–H groups in total. The van der Waals surface area contributed by atoms with Crippen LogP contribution < -0.4 is 10.7 Å². The Morgan fingerprint density at radius 3 is 2.82 bits per heavy atom. The number of hydrazine groups is 1. The van der Waals surface area contributed by atoms with Crippen molar-refractivity contribution in [3.8, 4) is 0 Å². The summed E-state index contributed by atoms with van der Waals surface area (Å²) in [7, 11) is 0. The van der Waals surface area contributed by atoms with Crippen molar-refractivity contribution in [1.29, 1.82) is 0 Å². The van der Waals surface area contributed by atoms with Gasteiger partial charge in [-0.3, -0.25) is 15.0 Å². The molecule has 4 heterocycles. The predicted octanol–water partition coefficient (Wildman–Crippen LogP) is 1.24. The number of fused-ring (bicyclic) bond motifs is 4. The van der Waals surface area contributed by atoms with Gasteiger partial charge < -0.3 is 15.2 Å². The monoisotopic (exact) mass is 379 g/mol. The Labute approximate surface area is 163 Å². The first kappa shape index (κ1) is 16.6. The number of amides is 2. The Bertz CT molecular complexity index is 932. The van der Waals surface area contributed by atoms with E-state index in [1.54, 1.807) is 0 Å². The van der Waals surface area contributed by atoms with Crippen LogP contribution in [0.4, 0.5) is 0 Å². The number of nitrogens with one attached hydrogen (secondary N) is 3. The fraction of sp³-hybridized carbons (Fsp3) is 0.524. The lowest BCUT2D eigenvalue weighted by atomic mass is 9.87. The average Bonchev–Trinajstić information content (AvgIpc) is 3.21. The fourth-order valence-electron chi connectivity index (χ4n) is 5.33. The maximum Gasteiger partial charge on any atom is 0.270 e. The molecule has 6 rings (SSSR count). The van der Waals surface area contributed by atoms with Crippen molar-refractivity contribution in [2.45, 2.75) is 43.3 Å². The van der Waals surface area contributed by atoms with Crippen LogP contribution >= 0.6 is 0 Å². The molecular weight excluding hydrogens is 354 g/mol. The highest BCUT2D eigenvalue weighted by Gasteiger charge is 2.54. The van der Waals surface area contributed by atoms with Crippen molar-refractivity contribution in [2.75, 3.05) is 19.6 Å². The van der Waals surface area contributed by atoms with Gasteiger partial charge in [-0.1, -0.05) is 18.2 Å². The quantitative estimate of drug-likeness (QED) is 0.697. The number of H-pyrrole nitrogens is 1. The fourth-order valence-corrected chi connectivity index (χ4v) is 5.33. The van der Waals surface area contributed by atoms with Gasteiger partial charge in [0.05, 0.1) is 0 Å². The second kappa shape index (κ2) is 5.81. The van der Waals surface area contributed by atoms with E-state index in [0.29, 0.717) is 18.8 Å². The zero-order chi connectivity index (χ0) is 18.9. The van der Waals surface area contributed by atoms with Gasteiger partial charge in [-0.25, -0.2) is 5.01 Å². The smallest absolute Gasteiger partial charge is 0.270 e. The first-order valence-electron chi connectivity index (χ1n) is 10.3. The predicted molar refractivity (Wildman–Crippen MR) is 104 cm³/mol. The molecule has 7 nitrogen and oxygen atoms in total. The largest absolute Gasteiger partial charge is 0.351 e. The molecule has 1 aromatic carbocycles. The van der Waals surface area contributed by atoms with Crippen molar-refractivity contribution in [3.63, 3.8) is 0 Å². The van der Waals surface area contributed by atoms with Gasteiger partial charge in [-0.2, -0.15) is 0 Å². The molecule has 2 amide bonds. The summed E-state index contributed by atoms with van der Waals surface area (Å²) in [5.41, 5.74) is 5.24. The van der Waals surface area contributed by atoms with Crippen molar-refractivity contribution < 1.29 is 9.59 Å². The number of carbonyl (C=O) groups is 2. The van der Waals surface area contributed by atoms with Crippen LogP contribution in [-0.4, -0.2) is 64.0 Å². The molecule has 1 spiro atoms. The summed E-state index contributed by atoms with van der Waals surface area (Å²) in [6.45, 7) is 2.23. The Hall–Kier alpha value is -2.38. The molecular formula is C21H25N5O2. The molecule has 1 saturated carbocycles. The van der Waals surface area contributed by atoms with E-state index in [1.165, 1.54) is 0 Å². The van der Waals surface area contributed by atoms with Gasteiger partial charge in [0.1, 0.15) is 11.7 Å². The molecule has 28 heavy (non-hydrogen) atoms. The van der Waals surface area contributed by atoms with Crippen LogP contribution in [0.1, 0.15) is 36.2 Å². The number of carbonyl (C=O) groups excluding carboxylic acids is 2. The molecule has 2 aromatic rings. The van der Waals surface area contributed by atoms with Crippen LogP contribution in [0.15, 0.2) is 30.3 Å². The second-order valence-corrected chi connectivity index (χ2v) is 8.87. The molecule has 4 aliphatic rings. The number of aromatic amines is 1. The maximum absolute atomic E-state index is 13.1. The van der Waals surface area contributed by atoms with Gasteiger partial charge >= 0.3 is 0 Å². The van der Waals surface area contributed by atoms with E-state index in [1.807, 2.05) is 35.2 Å². The summed E-state index contributed by atoms with van der Waals surface area (Å²) in [6, 6.07) is 9.97. The molecule has 7 heteroatoms. The van der Waals surface area contributed by atoms with Crippen LogP contribution in [0, 0.1) is 5.92 Å². The molecule has 1 aliphatic carbocycles. The number of likely N-dealkylation sites (tertiary alicyclic amines) is 1. The van der Waals surface area contributed by atoms with E-state index in [9.17, 15) is 9.59 Å². The lowest BCUT2D eigenvalue weighted by molar-refractivity contribution is -0.127.